The zero-order valence-electron chi connectivity index (χ0n) is 10.5. The van der Waals surface area contributed by atoms with Gasteiger partial charge in [-0.3, -0.25) is 0 Å². The van der Waals surface area contributed by atoms with E-state index in [1.165, 1.54) is 10.8 Å². The van der Waals surface area contributed by atoms with Crippen molar-refractivity contribution in [2.75, 3.05) is 11.1 Å². The summed E-state index contributed by atoms with van der Waals surface area (Å²) in [4.78, 5) is 0. The lowest BCUT2D eigenvalue weighted by Gasteiger charge is -2.10. The zero-order chi connectivity index (χ0) is 14.1. The quantitative estimate of drug-likeness (QED) is 0.550. The van der Waals surface area contributed by atoms with Crippen LogP contribution in [0.1, 0.15) is 0 Å². The number of halogens is 2. The van der Waals surface area contributed by atoms with Crippen LogP contribution >= 0.6 is 31.9 Å². The highest BCUT2D eigenvalue weighted by molar-refractivity contribution is 9.10. The van der Waals surface area contributed by atoms with Crippen LogP contribution in [0, 0.1) is 0 Å². The lowest BCUT2D eigenvalue weighted by Crippen LogP contribution is -1.93. The van der Waals surface area contributed by atoms with Gasteiger partial charge in [-0.2, -0.15) is 0 Å². The number of benzene rings is 3. The smallest absolute Gasteiger partial charge is 0.0530 e. The Morgan fingerprint density at radius 3 is 2.35 bits per heavy atom. The molecule has 0 aromatic heterocycles. The molecule has 0 heterocycles. The highest BCUT2D eigenvalue weighted by Crippen LogP contribution is 2.29. The van der Waals surface area contributed by atoms with Gasteiger partial charge in [0.25, 0.3) is 0 Å². The van der Waals surface area contributed by atoms with Gasteiger partial charge in [-0.1, -0.05) is 28.1 Å². The predicted molar refractivity (Wildman–Crippen MR) is 93.5 cm³/mol. The minimum absolute atomic E-state index is 0.741. The molecule has 0 unspecified atom stereocenters. The molecule has 0 aliphatic rings. The molecule has 0 radical (unpaired) electrons. The van der Waals surface area contributed by atoms with Gasteiger partial charge in [0.2, 0.25) is 0 Å². The molecule has 0 aliphatic carbocycles. The first kappa shape index (κ1) is 13.5. The summed E-state index contributed by atoms with van der Waals surface area (Å²) in [5, 5.41) is 5.80. The number of rotatable bonds is 2. The van der Waals surface area contributed by atoms with E-state index in [1.54, 1.807) is 0 Å². The van der Waals surface area contributed by atoms with E-state index in [-0.39, 0.29) is 0 Å². The summed E-state index contributed by atoms with van der Waals surface area (Å²) in [5.74, 6) is 0. The van der Waals surface area contributed by atoms with Crippen molar-refractivity contribution in [1.29, 1.82) is 0 Å². The molecule has 0 spiro atoms. The largest absolute Gasteiger partial charge is 0.399 e. The average Bonchev–Trinajstić information content (AvgIpc) is 2.42. The summed E-state index contributed by atoms with van der Waals surface area (Å²) in [7, 11) is 0. The third kappa shape index (κ3) is 2.81. The van der Waals surface area contributed by atoms with E-state index in [4.69, 9.17) is 5.73 Å². The van der Waals surface area contributed by atoms with E-state index in [1.807, 2.05) is 24.3 Å². The topological polar surface area (TPSA) is 38.0 Å². The van der Waals surface area contributed by atoms with Crippen LogP contribution in [0.5, 0.6) is 0 Å². The van der Waals surface area contributed by atoms with E-state index < -0.39 is 0 Å². The Labute approximate surface area is 134 Å². The third-order valence-electron chi connectivity index (χ3n) is 3.07. The standard InChI is InChI=1S/C16H12Br2N2/c17-12-3-1-11-8-14(5-2-10(11)7-12)20-16-6-4-13(19)9-15(16)18/h1-9,20H,19H2. The van der Waals surface area contributed by atoms with Crippen LogP contribution in [0.2, 0.25) is 0 Å². The molecule has 3 N–H and O–H groups in total. The highest BCUT2D eigenvalue weighted by Gasteiger charge is 2.02. The van der Waals surface area contributed by atoms with Crippen molar-refractivity contribution in [3.8, 4) is 0 Å². The Balaban J connectivity index is 1.96. The van der Waals surface area contributed by atoms with Gasteiger partial charge in [-0.15, -0.1) is 0 Å². The Morgan fingerprint density at radius 1 is 0.800 bits per heavy atom. The molecule has 0 saturated carbocycles. The first-order valence-electron chi connectivity index (χ1n) is 6.13. The molecule has 3 rings (SSSR count). The van der Waals surface area contributed by atoms with Gasteiger partial charge in [0, 0.05) is 20.3 Å². The van der Waals surface area contributed by atoms with Crippen molar-refractivity contribution >= 4 is 59.7 Å². The summed E-state index contributed by atoms with van der Waals surface area (Å²) in [6, 6.07) is 18.3. The number of hydrogen-bond acceptors (Lipinski definition) is 2. The van der Waals surface area contributed by atoms with E-state index >= 15 is 0 Å². The Morgan fingerprint density at radius 2 is 1.55 bits per heavy atom. The number of fused-ring (bicyclic) bond motifs is 1. The minimum Gasteiger partial charge on any atom is -0.399 e. The van der Waals surface area contributed by atoms with Crippen LogP contribution in [-0.2, 0) is 0 Å². The second-order valence-corrected chi connectivity index (χ2v) is 6.34. The van der Waals surface area contributed by atoms with Crippen molar-refractivity contribution in [3.63, 3.8) is 0 Å². The van der Waals surface area contributed by atoms with Crippen LogP contribution in [0.25, 0.3) is 10.8 Å². The molecule has 3 aromatic carbocycles. The summed E-state index contributed by atoms with van der Waals surface area (Å²) >= 11 is 7.00. The SMILES string of the molecule is Nc1ccc(Nc2ccc3cc(Br)ccc3c2)c(Br)c1. The maximum absolute atomic E-state index is 5.75. The van der Waals surface area contributed by atoms with E-state index in [2.05, 4.69) is 67.5 Å². The van der Waals surface area contributed by atoms with E-state index in [0.29, 0.717) is 0 Å². The molecular formula is C16H12Br2N2. The molecule has 0 saturated heterocycles. The lowest BCUT2D eigenvalue weighted by molar-refractivity contribution is 1.53. The highest BCUT2D eigenvalue weighted by atomic mass is 79.9. The maximum atomic E-state index is 5.75. The molecule has 4 heteroatoms. The predicted octanol–water partition coefficient (Wildman–Crippen LogP) is 5.69. The van der Waals surface area contributed by atoms with Crippen LogP contribution < -0.4 is 11.1 Å². The maximum Gasteiger partial charge on any atom is 0.0530 e. The summed E-state index contributed by atoms with van der Waals surface area (Å²) in [6.07, 6.45) is 0. The summed E-state index contributed by atoms with van der Waals surface area (Å²) in [5.41, 5.74) is 8.53. The molecule has 0 bridgehead atoms. The van der Waals surface area contributed by atoms with E-state index in [9.17, 15) is 0 Å². The van der Waals surface area contributed by atoms with Crippen molar-refractivity contribution in [3.05, 3.63) is 63.5 Å². The number of nitrogens with two attached hydrogens (primary N) is 1. The van der Waals surface area contributed by atoms with Gasteiger partial charge in [-0.05, 0) is 69.2 Å². The number of nitrogens with one attached hydrogen (secondary N) is 1. The molecular weight excluding hydrogens is 380 g/mol. The molecule has 0 amide bonds. The Hall–Kier alpha value is -1.52. The molecule has 0 fully saturated rings. The average molecular weight is 392 g/mol. The van der Waals surface area contributed by atoms with E-state index in [0.717, 1.165) is 26.0 Å². The van der Waals surface area contributed by atoms with Gasteiger partial charge < -0.3 is 11.1 Å². The molecule has 3 aromatic rings. The molecule has 100 valence electrons. The first-order chi connectivity index (χ1) is 9.61. The van der Waals surface area contributed by atoms with Crippen LogP contribution in [0.3, 0.4) is 0 Å². The Bertz CT molecular complexity index is 785. The monoisotopic (exact) mass is 390 g/mol. The zero-order valence-corrected chi connectivity index (χ0v) is 13.7. The van der Waals surface area contributed by atoms with Gasteiger partial charge in [0.15, 0.2) is 0 Å². The van der Waals surface area contributed by atoms with Gasteiger partial charge >= 0.3 is 0 Å². The van der Waals surface area contributed by atoms with Gasteiger partial charge in [0.1, 0.15) is 0 Å². The Kier molecular flexibility index (Phi) is 3.68. The third-order valence-corrected chi connectivity index (χ3v) is 4.22. The van der Waals surface area contributed by atoms with Crippen LogP contribution in [0.4, 0.5) is 17.1 Å². The number of nitrogen functional groups attached to an aromatic ring is 1. The molecule has 20 heavy (non-hydrogen) atoms. The summed E-state index contributed by atoms with van der Waals surface area (Å²) in [6.45, 7) is 0. The van der Waals surface area contributed by atoms with Crippen LogP contribution in [-0.4, -0.2) is 0 Å². The van der Waals surface area contributed by atoms with Crippen LogP contribution in [0.15, 0.2) is 63.5 Å². The minimum atomic E-state index is 0.741. The molecule has 0 aliphatic heterocycles. The fourth-order valence-electron chi connectivity index (χ4n) is 2.08. The normalized spacial score (nSPS) is 10.7. The van der Waals surface area contributed by atoms with Crippen molar-refractivity contribution in [1.82, 2.24) is 0 Å². The van der Waals surface area contributed by atoms with Crippen molar-refractivity contribution in [2.45, 2.75) is 0 Å². The number of anilines is 3. The lowest BCUT2D eigenvalue weighted by atomic mass is 10.1. The first-order valence-corrected chi connectivity index (χ1v) is 7.72. The van der Waals surface area contributed by atoms with Gasteiger partial charge in [-0.25, -0.2) is 0 Å². The van der Waals surface area contributed by atoms with Crippen molar-refractivity contribution < 1.29 is 0 Å². The number of hydrogen-bond donors (Lipinski definition) is 2. The second kappa shape index (κ2) is 5.46. The molecule has 0 atom stereocenters. The fourth-order valence-corrected chi connectivity index (χ4v) is 2.96. The second-order valence-electron chi connectivity index (χ2n) is 4.57. The fraction of sp³-hybridized carbons (Fsp3) is 0. The summed E-state index contributed by atoms with van der Waals surface area (Å²) < 4.78 is 2.04. The van der Waals surface area contributed by atoms with Gasteiger partial charge in [0.05, 0.1) is 5.69 Å². The molecule has 2 nitrogen and oxygen atoms in total. The van der Waals surface area contributed by atoms with Crippen molar-refractivity contribution in [2.24, 2.45) is 0 Å².